The van der Waals surface area contributed by atoms with E-state index in [1.807, 2.05) is 25.2 Å². The van der Waals surface area contributed by atoms with Crippen molar-refractivity contribution in [2.24, 2.45) is 32.2 Å². The van der Waals surface area contributed by atoms with Gasteiger partial charge in [-0.3, -0.25) is 9.79 Å². The van der Waals surface area contributed by atoms with Crippen molar-refractivity contribution in [3.8, 4) is 0 Å². The van der Waals surface area contributed by atoms with Gasteiger partial charge in [-0.25, -0.2) is 23.1 Å². The van der Waals surface area contributed by atoms with E-state index in [1.165, 1.54) is 0 Å². The fourth-order valence-corrected chi connectivity index (χ4v) is 5.01. The molecule has 0 saturated carbocycles. The molecule has 0 radical (unpaired) electrons. The fourth-order valence-electron chi connectivity index (χ4n) is 3.96. The summed E-state index contributed by atoms with van der Waals surface area (Å²) in [7, 11) is -3.55. The van der Waals surface area contributed by atoms with Crippen molar-refractivity contribution in [3.05, 3.63) is 48.2 Å². The summed E-state index contributed by atoms with van der Waals surface area (Å²) < 4.78 is 27.5. The van der Waals surface area contributed by atoms with E-state index in [0.717, 1.165) is 17.8 Å². The number of nitrogens with zero attached hydrogens (tertiary/aromatic N) is 3. The molecule has 1 spiro atoms. The Labute approximate surface area is 194 Å². The molecule has 2 aliphatic heterocycles. The summed E-state index contributed by atoms with van der Waals surface area (Å²) in [5.74, 6) is 0.731. The van der Waals surface area contributed by atoms with Gasteiger partial charge in [0, 0.05) is 24.9 Å². The second-order valence-electron chi connectivity index (χ2n) is 9.07. The Balaban J connectivity index is 1.48. The Kier molecular flexibility index (Phi) is 6.45. The van der Waals surface area contributed by atoms with Crippen molar-refractivity contribution in [2.75, 3.05) is 18.4 Å². The minimum Gasteiger partial charge on any atom is -0.324 e. The first-order chi connectivity index (χ1) is 15.7. The predicted octanol–water partition coefficient (Wildman–Crippen LogP) is 3.35. The Morgan fingerprint density at radius 3 is 2.70 bits per heavy atom. The van der Waals surface area contributed by atoms with Crippen LogP contribution in [0.4, 0.5) is 5.69 Å². The molecule has 0 bridgehead atoms. The van der Waals surface area contributed by atoms with Crippen molar-refractivity contribution in [2.45, 2.75) is 38.5 Å². The van der Waals surface area contributed by atoms with E-state index in [9.17, 15) is 13.2 Å². The highest BCUT2D eigenvalue weighted by atomic mass is 32.2. The van der Waals surface area contributed by atoms with E-state index < -0.39 is 15.4 Å². The molecule has 2 N–H and O–H groups in total. The third-order valence-corrected chi connectivity index (χ3v) is 7.55. The zero-order valence-corrected chi connectivity index (χ0v) is 19.9. The van der Waals surface area contributed by atoms with Gasteiger partial charge in [-0.15, -0.1) is 0 Å². The number of guanidine groups is 1. The Morgan fingerprint density at radius 1 is 1.21 bits per heavy atom. The number of benzene rings is 1. The number of hydrogen-bond acceptors (Lipinski definition) is 7. The largest absolute Gasteiger partial charge is 0.324 e. The van der Waals surface area contributed by atoms with E-state index in [2.05, 4.69) is 38.9 Å². The van der Waals surface area contributed by atoms with Crippen LogP contribution in [0.1, 0.15) is 33.6 Å². The molecule has 1 aliphatic carbocycles. The number of carbonyl (C=O) groups is 1. The molecule has 0 saturated heterocycles. The van der Waals surface area contributed by atoms with Gasteiger partial charge in [0.05, 0.1) is 34.2 Å². The molecule has 0 fully saturated rings. The van der Waals surface area contributed by atoms with Crippen molar-refractivity contribution in [1.29, 1.82) is 0 Å². The van der Waals surface area contributed by atoms with Crippen LogP contribution >= 0.6 is 0 Å². The van der Waals surface area contributed by atoms with Crippen LogP contribution in [-0.4, -0.2) is 45.2 Å². The summed E-state index contributed by atoms with van der Waals surface area (Å²) in [5, 5.41) is 3.15. The molecule has 1 aromatic carbocycles. The number of aliphatic imine (C=N–C) groups is 3. The third kappa shape index (κ3) is 4.89. The molecule has 8 nitrogen and oxygen atoms in total. The van der Waals surface area contributed by atoms with Gasteiger partial charge in [0.25, 0.3) is 0 Å². The molecule has 4 rings (SSSR count). The maximum Gasteiger partial charge on any atom is 0.240 e. The molecular formula is C24H29N5O3S. The second-order valence-corrected chi connectivity index (χ2v) is 10.8. The van der Waals surface area contributed by atoms with E-state index in [0.29, 0.717) is 37.1 Å². The molecule has 0 aromatic heterocycles. The molecule has 9 heteroatoms. The quantitative estimate of drug-likeness (QED) is 0.668. The Bertz CT molecular complexity index is 1190. The molecule has 1 aromatic rings. The zero-order chi connectivity index (χ0) is 23.6. The lowest BCUT2D eigenvalue weighted by atomic mass is 9.72. The molecule has 0 amide bonds. The van der Waals surface area contributed by atoms with Crippen molar-refractivity contribution >= 4 is 39.4 Å². The van der Waals surface area contributed by atoms with Crippen LogP contribution in [-0.2, 0) is 14.8 Å². The molecule has 2 heterocycles. The number of carbonyl (C=O) groups excluding carboxylic acids is 1. The van der Waals surface area contributed by atoms with Crippen LogP contribution in [0.2, 0.25) is 0 Å². The topological polar surface area (TPSA) is 112 Å². The van der Waals surface area contributed by atoms with E-state index in [1.54, 1.807) is 30.5 Å². The van der Waals surface area contributed by atoms with Gasteiger partial charge in [-0.05, 0) is 48.8 Å². The Morgan fingerprint density at radius 2 is 1.97 bits per heavy atom. The fraction of sp³-hybridized carbons (Fsp3) is 0.417. The molecule has 2 unspecified atom stereocenters. The number of ketones is 1. The lowest BCUT2D eigenvalue weighted by Crippen LogP contribution is -2.42. The number of hydrogen-bond donors (Lipinski definition) is 2. The number of rotatable bonds is 6. The van der Waals surface area contributed by atoms with Gasteiger partial charge < -0.3 is 5.32 Å². The minimum atomic E-state index is -3.55. The van der Waals surface area contributed by atoms with E-state index >= 15 is 0 Å². The normalized spacial score (nSPS) is 24.4. The molecule has 174 valence electrons. The lowest BCUT2D eigenvalue weighted by Gasteiger charge is -2.35. The smallest absolute Gasteiger partial charge is 0.240 e. The molecular weight excluding hydrogens is 438 g/mol. The van der Waals surface area contributed by atoms with Crippen LogP contribution in [0.25, 0.3) is 0 Å². The lowest BCUT2D eigenvalue weighted by molar-refractivity contribution is -0.121. The molecule has 3 aliphatic rings. The summed E-state index contributed by atoms with van der Waals surface area (Å²) in [6, 6.07) is 6.49. The van der Waals surface area contributed by atoms with Crippen LogP contribution < -0.4 is 10.0 Å². The number of nitrogens with one attached hydrogen (secondary N) is 2. The van der Waals surface area contributed by atoms with E-state index in [-0.39, 0.29) is 16.6 Å². The third-order valence-electron chi connectivity index (χ3n) is 6.07. The monoisotopic (exact) mass is 467 g/mol. The summed E-state index contributed by atoms with van der Waals surface area (Å²) >= 11 is 0. The number of Topliss-reactive ketones (excluding diaryl/α,β-unsaturated/α-hetero) is 1. The highest BCUT2D eigenvalue weighted by molar-refractivity contribution is 7.89. The van der Waals surface area contributed by atoms with E-state index in [4.69, 9.17) is 0 Å². The highest BCUT2D eigenvalue weighted by Crippen LogP contribution is 2.41. The predicted molar refractivity (Wildman–Crippen MR) is 131 cm³/mol. The van der Waals surface area contributed by atoms with Gasteiger partial charge >= 0.3 is 0 Å². The second kappa shape index (κ2) is 9.15. The van der Waals surface area contributed by atoms with Crippen LogP contribution in [0.5, 0.6) is 0 Å². The SMILES string of the molecule is CC(C)CCNS(=O)(=O)c1ccc(NC2=NCC34CC(=O)C(C)C=NC3=CC=CC4=N2)cc1. The van der Waals surface area contributed by atoms with Crippen molar-refractivity contribution in [3.63, 3.8) is 0 Å². The number of allylic oxidation sites excluding steroid dienone is 3. The molecule has 2 atom stereocenters. The standard InChI is InChI=1S/C24H29N5O3S/c1-16(2)11-12-27-33(31,32)19-9-7-18(8-10-19)28-23-26-15-24-13-20(30)17(3)14-25-21(24)5-4-6-22(24)29-23/h4-10,14,16-17,27H,11-13,15H2,1-3H3,(H,26,28). The maximum absolute atomic E-state index is 12.6. The van der Waals surface area contributed by atoms with Crippen molar-refractivity contribution < 1.29 is 13.2 Å². The van der Waals surface area contributed by atoms with Gasteiger partial charge in [0.1, 0.15) is 5.78 Å². The maximum atomic E-state index is 12.6. The summed E-state index contributed by atoms with van der Waals surface area (Å²) in [6.07, 6.45) is 8.50. The van der Waals surface area contributed by atoms with Crippen LogP contribution in [0.15, 0.2) is 68.1 Å². The first kappa shape index (κ1) is 23.3. The van der Waals surface area contributed by atoms with Crippen LogP contribution in [0.3, 0.4) is 0 Å². The zero-order valence-electron chi connectivity index (χ0n) is 19.1. The average Bonchev–Trinajstić information content (AvgIpc) is 2.89. The van der Waals surface area contributed by atoms with Gasteiger partial charge in [0.2, 0.25) is 16.0 Å². The number of anilines is 1. The average molecular weight is 468 g/mol. The summed E-state index contributed by atoms with van der Waals surface area (Å²) in [5.41, 5.74) is 1.61. The first-order valence-corrected chi connectivity index (χ1v) is 12.6. The van der Waals surface area contributed by atoms with Crippen LogP contribution in [0, 0.1) is 17.3 Å². The van der Waals surface area contributed by atoms with Gasteiger partial charge in [-0.1, -0.05) is 26.8 Å². The highest BCUT2D eigenvalue weighted by Gasteiger charge is 2.45. The first-order valence-electron chi connectivity index (χ1n) is 11.2. The molecule has 33 heavy (non-hydrogen) atoms. The minimum absolute atomic E-state index is 0.121. The Hall–Kier alpha value is -2.91. The number of sulfonamides is 1. The van der Waals surface area contributed by atoms with Crippen molar-refractivity contribution in [1.82, 2.24) is 4.72 Å². The van der Waals surface area contributed by atoms with Gasteiger partial charge in [-0.2, -0.15) is 0 Å². The van der Waals surface area contributed by atoms with Gasteiger partial charge in [0.15, 0.2) is 0 Å². The summed E-state index contributed by atoms with van der Waals surface area (Å²) in [4.78, 5) is 26.6. The summed E-state index contributed by atoms with van der Waals surface area (Å²) in [6.45, 7) is 6.73.